The summed E-state index contributed by atoms with van der Waals surface area (Å²) in [4.78, 5) is 0. The van der Waals surface area contributed by atoms with Crippen molar-refractivity contribution in [3.05, 3.63) is 35.8 Å². The molecule has 1 unspecified atom stereocenters. The third kappa shape index (κ3) is 9.28. The van der Waals surface area contributed by atoms with Crippen LogP contribution in [0.2, 0.25) is 0 Å². The van der Waals surface area contributed by atoms with Gasteiger partial charge in [0.15, 0.2) is 0 Å². The minimum atomic E-state index is -0.835. The van der Waals surface area contributed by atoms with E-state index in [1.807, 2.05) is 31.2 Å². The van der Waals surface area contributed by atoms with Gasteiger partial charge in [-0.25, -0.2) is 0 Å². The molecule has 0 saturated heterocycles. The van der Waals surface area contributed by atoms with Crippen LogP contribution < -0.4 is 0 Å². The molecule has 0 radical (unpaired) electrons. The monoisotopic (exact) mass is 198 g/mol. The van der Waals surface area contributed by atoms with Crippen LogP contribution in [0.5, 0.6) is 0 Å². The second kappa shape index (κ2) is 7.99. The number of hydrogen-bond acceptors (Lipinski definition) is 1. The van der Waals surface area contributed by atoms with Crippen molar-refractivity contribution in [2.75, 3.05) is 5.75 Å². The van der Waals surface area contributed by atoms with E-state index in [1.54, 1.807) is 5.41 Å². The van der Waals surface area contributed by atoms with Gasteiger partial charge in [0, 0.05) is 16.6 Å². The maximum atomic E-state index is 11.1. The first-order chi connectivity index (χ1) is 6.16. The lowest BCUT2D eigenvalue weighted by Crippen LogP contribution is -1.87. The van der Waals surface area contributed by atoms with E-state index in [2.05, 4.69) is 19.9 Å². The SMILES string of the molecule is CC=CS(=O)CC=CC=CC(C)C. The zero-order valence-electron chi connectivity index (χ0n) is 8.57. The van der Waals surface area contributed by atoms with E-state index >= 15 is 0 Å². The first-order valence-corrected chi connectivity index (χ1v) is 5.88. The van der Waals surface area contributed by atoms with Crippen molar-refractivity contribution < 1.29 is 4.21 Å². The maximum Gasteiger partial charge on any atom is 0.0491 e. The zero-order chi connectivity index (χ0) is 10.1. The number of rotatable bonds is 5. The molecule has 0 aliphatic carbocycles. The summed E-state index contributed by atoms with van der Waals surface area (Å²) in [5.74, 6) is 1.18. The van der Waals surface area contributed by atoms with Crippen molar-refractivity contribution in [2.24, 2.45) is 5.92 Å². The third-order valence-corrected chi connectivity index (χ3v) is 2.39. The fourth-order valence-corrected chi connectivity index (χ4v) is 1.44. The van der Waals surface area contributed by atoms with Crippen LogP contribution in [0.1, 0.15) is 20.8 Å². The third-order valence-electron chi connectivity index (χ3n) is 1.29. The molecule has 1 nitrogen and oxygen atoms in total. The highest BCUT2D eigenvalue weighted by Crippen LogP contribution is 1.94. The van der Waals surface area contributed by atoms with Gasteiger partial charge < -0.3 is 0 Å². The molecule has 0 N–H and O–H groups in total. The van der Waals surface area contributed by atoms with E-state index in [0.29, 0.717) is 11.7 Å². The average molecular weight is 198 g/mol. The van der Waals surface area contributed by atoms with E-state index < -0.39 is 10.8 Å². The maximum absolute atomic E-state index is 11.1. The van der Waals surface area contributed by atoms with Crippen molar-refractivity contribution in [3.8, 4) is 0 Å². The summed E-state index contributed by atoms with van der Waals surface area (Å²) in [7, 11) is -0.835. The van der Waals surface area contributed by atoms with Crippen LogP contribution in [-0.2, 0) is 10.8 Å². The Morgan fingerprint density at radius 2 is 2.00 bits per heavy atom. The molecule has 0 saturated carbocycles. The van der Waals surface area contributed by atoms with Gasteiger partial charge in [-0.2, -0.15) is 0 Å². The van der Waals surface area contributed by atoms with Crippen molar-refractivity contribution in [2.45, 2.75) is 20.8 Å². The lowest BCUT2D eigenvalue weighted by atomic mass is 10.2. The Morgan fingerprint density at radius 1 is 1.31 bits per heavy atom. The lowest BCUT2D eigenvalue weighted by molar-refractivity contribution is 0.690. The largest absolute Gasteiger partial charge is 0.255 e. The predicted octanol–water partition coefficient (Wildman–Crippen LogP) is 3.04. The Hall–Kier alpha value is -0.630. The summed E-state index contributed by atoms with van der Waals surface area (Å²) in [5, 5.41) is 1.70. The average Bonchev–Trinajstić information content (AvgIpc) is 2.03. The molecule has 0 amide bonds. The van der Waals surface area contributed by atoms with Crippen LogP contribution in [0.3, 0.4) is 0 Å². The van der Waals surface area contributed by atoms with Crippen molar-refractivity contribution in [3.63, 3.8) is 0 Å². The highest BCUT2D eigenvalue weighted by molar-refractivity contribution is 7.88. The highest BCUT2D eigenvalue weighted by atomic mass is 32.2. The smallest absolute Gasteiger partial charge is 0.0491 e. The molecule has 0 fully saturated rings. The topological polar surface area (TPSA) is 17.1 Å². The summed E-state index contributed by atoms with van der Waals surface area (Å²) in [6.45, 7) is 6.13. The zero-order valence-corrected chi connectivity index (χ0v) is 9.38. The standard InChI is InChI=1S/C11H18OS/c1-4-9-13(12)10-7-5-6-8-11(2)3/h4-9,11H,10H2,1-3H3. The first kappa shape index (κ1) is 12.4. The molecule has 0 heterocycles. The van der Waals surface area contributed by atoms with Gasteiger partial charge in [-0.05, 0) is 18.2 Å². The first-order valence-electron chi connectivity index (χ1n) is 4.50. The molecule has 0 aromatic heterocycles. The molecule has 0 rings (SSSR count). The molecule has 13 heavy (non-hydrogen) atoms. The van der Waals surface area contributed by atoms with Crippen LogP contribution >= 0.6 is 0 Å². The highest BCUT2D eigenvalue weighted by Gasteiger charge is 1.86. The summed E-state index contributed by atoms with van der Waals surface area (Å²) in [6, 6.07) is 0. The van der Waals surface area contributed by atoms with Crippen molar-refractivity contribution in [1.29, 1.82) is 0 Å². The molecule has 0 aliphatic heterocycles. The van der Waals surface area contributed by atoms with Crippen molar-refractivity contribution >= 4 is 10.8 Å². The summed E-state index contributed by atoms with van der Waals surface area (Å²) in [5.41, 5.74) is 0. The van der Waals surface area contributed by atoms with E-state index in [-0.39, 0.29) is 0 Å². The fraction of sp³-hybridized carbons (Fsp3) is 0.455. The van der Waals surface area contributed by atoms with E-state index in [9.17, 15) is 4.21 Å². The van der Waals surface area contributed by atoms with Gasteiger partial charge in [-0.1, -0.05) is 44.2 Å². The minimum absolute atomic E-state index is 0.575. The molecule has 1 atom stereocenters. The van der Waals surface area contributed by atoms with Gasteiger partial charge in [0.25, 0.3) is 0 Å². The second-order valence-corrected chi connectivity index (χ2v) is 4.44. The quantitative estimate of drug-likeness (QED) is 0.621. The van der Waals surface area contributed by atoms with Crippen LogP contribution in [0.15, 0.2) is 35.8 Å². The van der Waals surface area contributed by atoms with Gasteiger partial charge in [-0.15, -0.1) is 0 Å². The predicted molar refractivity (Wildman–Crippen MR) is 60.9 cm³/mol. The normalized spacial score (nSPS) is 15.4. The Bertz CT molecular complexity index is 224. The number of hydrogen-bond donors (Lipinski definition) is 0. The van der Waals surface area contributed by atoms with E-state index in [1.165, 1.54) is 0 Å². The molecular weight excluding hydrogens is 180 g/mol. The molecule has 74 valence electrons. The molecule has 0 bridgehead atoms. The Labute approximate surface area is 83.7 Å². The van der Waals surface area contributed by atoms with E-state index in [0.717, 1.165) is 0 Å². The Kier molecular flexibility index (Phi) is 7.60. The number of allylic oxidation sites excluding steroid dienone is 4. The van der Waals surface area contributed by atoms with Crippen LogP contribution in [0.25, 0.3) is 0 Å². The summed E-state index contributed by atoms with van der Waals surface area (Å²) < 4.78 is 11.1. The second-order valence-electron chi connectivity index (χ2n) is 3.07. The van der Waals surface area contributed by atoms with Gasteiger partial charge in [0.05, 0.1) is 0 Å². The van der Waals surface area contributed by atoms with Gasteiger partial charge in [-0.3, -0.25) is 4.21 Å². The lowest BCUT2D eigenvalue weighted by Gasteiger charge is -1.89. The van der Waals surface area contributed by atoms with Gasteiger partial charge in [0.2, 0.25) is 0 Å². The molecular formula is C11H18OS. The fourth-order valence-electron chi connectivity index (χ4n) is 0.723. The van der Waals surface area contributed by atoms with Crippen molar-refractivity contribution in [1.82, 2.24) is 0 Å². The Morgan fingerprint density at radius 3 is 2.54 bits per heavy atom. The molecule has 2 heteroatoms. The molecule has 0 aromatic carbocycles. The van der Waals surface area contributed by atoms with Crippen LogP contribution in [0.4, 0.5) is 0 Å². The summed E-state index contributed by atoms with van der Waals surface area (Å²) in [6.07, 6.45) is 9.79. The molecule has 0 aliphatic rings. The minimum Gasteiger partial charge on any atom is -0.255 e. The van der Waals surface area contributed by atoms with E-state index in [4.69, 9.17) is 0 Å². The Balaban J connectivity index is 3.69. The molecule has 0 spiro atoms. The van der Waals surface area contributed by atoms with Gasteiger partial charge >= 0.3 is 0 Å². The van der Waals surface area contributed by atoms with Crippen LogP contribution in [0, 0.1) is 5.92 Å². The van der Waals surface area contributed by atoms with Crippen LogP contribution in [-0.4, -0.2) is 9.96 Å². The summed E-state index contributed by atoms with van der Waals surface area (Å²) >= 11 is 0. The molecule has 0 aromatic rings. The van der Waals surface area contributed by atoms with Gasteiger partial charge in [0.1, 0.15) is 0 Å².